The number of nitrogens with zero attached hydrogens (tertiary/aromatic N) is 1. The Balaban J connectivity index is 1.88. The summed E-state index contributed by atoms with van der Waals surface area (Å²) >= 11 is 5.92. The zero-order valence-electron chi connectivity index (χ0n) is 12.5. The fourth-order valence-electron chi connectivity index (χ4n) is 2.31. The smallest absolute Gasteiger partial charge is 0.358 e. The van der Waals surface area contributed by atoms with Gasteiger partial charge in [0.1, 0.15) is 0 Å². The molecular formula is C18H14ClNO3. The van der Waals surface area contributed by atoms with E-state index in [0.717, 1.165) is 12.0 Å². The van der Waals surface area contributed by atoms with Gasteiger partial charge in [0, 0.05) is 16.7 Å². The Bertz CT molecular complexity index is 785. The van der Waals surface area contributed by atoms with E-state index < -0.39 is 12.1 Å². The maximum Gasteiger partial charge on any atom is 0.358 e. The lowest BCUT2D eigenvalue weighted by Gasteiger charge is -2.22. The van der Waals surface area contributed by atoms with Crippen LogP contribution in [0.5, 0.6) is 0 Å². The third-order valence-corrected chi connectivity index (χ3v) is 3.85. The van der Waals surface area contributed by atoms with Gasteiger partial charge in [0.2, 0.25) is 0 Å². The van der Waals surface area contributed by atoms with E-state index in [1.807, 2.05) is 19.1 Å². The topological polar surface area (TPSA) is 55.7 Å². The number of benzene rings is 1. The van der Waals surface area contributed by atoms with Crippen molar-refractivity contribution in [2.24, 2.45) is 4.99 Å². The average Bonchev–Trinajstić information content (AvgIpc) is 2.56. The van der Waals surface area contributed by atoms with Crippen LogP contribution in [0.15, 0.2) is 64.3 Å². The van der Waals surface area contributed by atoms with Crippen LogP contribution < -0.4 is 0 Å². The van der Waals surface area contributed by atoms with Gasteiger partial charge in [-0.15, -0.1) is 0 Å². The first-order valence-electron chi connectivity index (χ1n) is 7.27. The molecule has 0 saturated carbocycles. The first-order chi connectivity index (χ1) is 11.1. The molecule has 5 heteroatoms. The minimum absolute atomic E-state index is 0.0168. The Hall–Kier alpha value is -2.46. The van der Waals surface area contributed by atoms with E-state index in [1.54, 1.807) is 30.4 Å². The Morgan fingerprint density at radius 1 is 1.35 bits per heavy atom. The highest BCUT2D eigenvalue weighted by Crippen LogP contribution is 2.22. The molecule has 23 heavy (non-hydrogen) atoms. The second kappa shape index (κ2) is 6.34. The molecule has 0 radical (unpaired) electrons. The lowest BCUT2D eigenvalue weighted by molar-refractivity contribution is -0.140. The van der Waals surface area contributed by atoms with Crippen LogP contribution in [0.4, 0.5) is 0 Å². The van der Waals surface area contributed by atoms with Gasteiger partial charge in [-0.2, -0.15) is 0 Å². The standard InChI is InChI=1S/C18H14ClNO3/c1-2-11-3-5-12(6-4-11)16(21)10-15-18(22)23-17-8-7-13(19)9-14(17)20-15/h3-10,17H,2H2,1H3/b15-10+. The first-order valence-corrected chi connectivity index (χ1v) is 7.64. The monoisotopic (exact) mass is 327 g/mol. The Morgan fingerprint density at radius 3 is 2.78 bits per heavy atom. The maximum atomic E-state index is 12.3. The molecule has 1 atom stereocenters. The summed E-state index contributed by atoms with van der Waals surface area (Å²) in [5.74, 6) is -0.905. The third kappa shape index (κ3) is 3.32. The van der Waals surface area contributed by atoms with E-state index in [0.29, 0.717) is 16.3 Å². The number of rotatable bonds is 3. The summed E-state index contributed by atoms with van der Waals surface area (Å²) in [6.45, 7) is 2.04. The lowest BCUT2D eigenvalue weighted by Crippen LogP contribution is -2.31. The summed E-state index contributed by atoms with van der Waals surface area (Å²) in [6, 6.07) is 7.26. The van der Waals surface area contributed by atoms with Crippen molar-refractivity contribution >= 4 is 29.1 Å². The normalized spacial score (nSPS) is 21.4. The summed E-state index contributed by atoms with van der Waals surface area (Å²) in [5.41, 5.74) is 2.14. The molecule has 1 heterocycles. The van der Waals surface area contributed by atoms with E-state index in [9.17, 15) is 9.59 Å². The molecule has 116 valence electrons. The van der Waals surface area contributed by atoms with Gasteiger partial charge in [0.05, 0.1) is 5.71 Å². The van der Waals surface area contributed by atoms with Crippen LogP contribution in [-0.2, 0) is 16.0 Å². The van der Waals surface area contributed by atoms with Gasteiger partial charge in [-0.1, -0.05) is 42.8 Å². The molecule has 1 aliphatic carbocycles. The largest absolute Gasteiger partial charge is 0.447 e. The summed E-state index contributed by atoms with van der Waals surface area (Å²) < 4.78 is 5.24. The number of halogens is 1. The molecule has 0 fully saturated rings. The zero-order valence-corrected chi connectivity index (χ0v) is 13.2. The van der Waals surface area contributed by atoms with Crippen LogP contribution in [0.2, 0.25) is 0 Å². The molecule has 1 unspecified atom stereocenters. The van der Waals surface area contributed by atoms with E-state index in [1.165, 1.54) is 6.08 Å². The number of aryl methyl sites for hydroxylation is 1. The van der Waals surface area contributed by atoms with Crippen molar-refractivity contribution in [1.82, 2.24) is 0 Å². The highest BCUT2D eigenvalue weighted by atomic mass is 35.5. The molecule has 0 spiro atoms. The zero-order chi connectivity index (χ0) is 16.4. The molecule has 0 N–H and O–H groups in total. The van der Waals surface area contributed by atoms with Crippen LogP contribution in [0.1, 0.15) is 22.8 Å². The predicted molar refractivity (Wildman–Crippen MR) is 88.6 cm³/mol. The number of fused-ring (bicyclic) bond motifs is 1. The number of esters is 1. The van der Waals surface area contributed by atoms with Crippen LogP contribution >= 0.6 is 11.6 Å². The molecule has 1 aromatic rings. The van der Waals surface area contributed by atoms with E-state index in [2.05, 4.69) is 4.99 Å². The number of aliphatic imine (C=N–C) groups is 1. The van der Waals surface area contributed by atoms with Gasteiger partial charge in [-0.25, -0.2) is 9.79 Å². The quantitative estimate of drug-likeness (QED) is 0.486. The summed E-state index contributed by atoms with van der Waals surface area (Å²) in [6.07, 6.45) is 6.48. The van der Waals surface area contributed by atoms with Gasteiger partial charge in [0.25, 0.3) is 0 Å². The first kappa shape index (κ1) is 15.4. The Labute approximate surface area is 138 Å². The van der Waals surface area contributed by atoms with Crippen LogP contribution in [-0.4, -0.2) is 23.6 Å². The van der Waals surface area contributed by atoms with Crippen molar-refractivity contribution in [2.45, 2.75) is 19.4 Å². The number of carbonyl (C=O) groups is 2. The average molecular weight is 328 g/mol. The molecule has 0 amide bonds. The van der Waals surface area contributed by atoms with E-state index >= 15 is 0 Å². The van der Waals surface area contributed by atoms with Crippen molar-refractivity contribution in [3.63, 3.8) is 0 Å². The van der Waals surface area contributed by atoms with E-state index in [-0.39, 0.29) is 11.5 Å². The number of hydrogen-bond donors (Lipinski definition) is 0. The maximum absolute atomic E-state index is 12.3. The minimum Gasteiger partial charge on any atom is -0.447 e. The molecule has 0 aromatic heterocycles. The van der Waals surface area contributed by atoms with Gasteiger partial charge in [-0.3, -0.25) is 4.79 Å². The van der Waals surface area contributed by atoms with Gasteiger partial charge in [-0.05, 0) is 30.2 Å². The number of allylic oxidation sites excluding steroid dienone is 3. The van der Waals surface area contributed by atoms with Crippen molar-refractivity contribution in [3.8, 4) is 0 Å². The SMILES string of the molecule is CCc1ccc(C(=O)/C=C2/N=C3C=C(Cl)C=CC3OC2=O)cc1. The van der Waals surface area contributed by atoms with Crippen molar-refractivity contribution in [2.75, 3.05) is 0 Å². The minimum atomic E-state index is -0.617. The molecule has 0 bridgehead atoms. The molecule has 4 nitrogen and oxygen atoms in total. The van der Waals surface area contributed by atoms with Crippen molar-refractivity contribution < 1.29 is 14.3 Å². The second-order valence-electron chi connectivity index (χ2n) is 5.20. The predicted octanol–water partition coefficient (Wildman–Crippen LogP) is 3.37. The third-order valence-electron chi connectivity index (χ3n) is 3.61. The molecule has 1 aromatic carbocycles. The number of hydrogen-bond acceptors (Lipinski definition) is 4. The van der Waals surface area contributed by atoms with Gasteiger partial charge < -0.3 is 4.74 Å². The molecular weight excluding hydrogens is 314 g/mol. The molecule has 0 saturated heterocycles. The highest BCUT2D eigenvalue weighted by Gasteiger charge is 2.28. The van der Waals surface area contributed by atoms with Gasteiger partial charge >= 0.3 is 5.97 Å². The summed E-state index contributed by atoms with van der Waals surface area (Å²) in [5, 5.41) is 0.499. The molecule has 2 aliphatic rings. The lowest BCUT2D eigenvalue weighted by atomic mass is 10.0. The summed E-state index contributed by atoms with van der Waals surface area (Å²) in [4.78, 5) is 28.4. The number of ketones is 1. The van der Waals surface area contributed by atoms with Crippen LogP contribution in [0, 0.1) is 0 Å². The second-order valence-corrected chi connectivity index (χ2v) is 5.63. The van der Waals surface area contributed by atoms with Crippen LogP contribution in [0.25, 0.3) is 0 Å². The molecule has 1 aliphatic heterocycles. The fraction of sp³-hybridized carbons (Fsp3) is 0.167. The number of carbonyl (C=O) groups excluding carboxylic acids is 2. The summed E-state index contributed by atoms with van der Waals surface area (Å²) in [7, 11) is 0. The van der Waals surface area contributed by atoms with Gasteiger partial charge in [0.15, 0.2) is 17.6 Å². The molecule has 3 rings (SSSR count). The Kier molecular flexibility index (Phi) is 4.26. The van der Waals surface area contributed by atoms with Crippen LogP contribution in [0.3, 0.4) is 0 Å². The van der Waals surface area contributed by atoms with E-state index in [4.69, 9.17) is 16.3 Å². The van der Waals surface area contributed by atoms with Crippen molar-refractivity contribution in [1.29, 1.82) is 0 Å². The highest BCUT2D eigenvalue weighted by molar-refractivity contribution is 6.34. The Morgan fingerprint density at radius 2 is 2.09 bits per heavy atom. The van der Waals surface area contributed by atoms with Crippen molar-refractivity contribution in [3.05, 3.63) is 70.4 Å². The fourth-order valence-corrected chi connectivity index (χ4v) is 2.49. The number of ether oxygens (including phenoxy) is 1.